The Balaban J connectivity index is 2.28. The first-order valence-electron chi connectivity index (χ1n) is 6.35. The second kappa shape index (κ2) is 5.71. The van der Waals surface area contributed by atoms with Gasteiger partial charge in [-0.2, -0.15) is 18.4 Å². The van der Waals surface area contributed by atoms with Crippen molar-refractivity contribution in [2.24, 2.45) is 0 Å². The molecule has 1 aromatic carbocycles. The summed E-state index contributed by atoms with van der Waals surface area (Å²) in [5.74, 6) is 0. The maximum absolute atomic E-state index is 12.7. The molecule has 0 aliphatic carbocycles. The first-order chi connectivity index (χ1) is 9.45. The zero-order chi connectivity index (χ0) is 14.8. The number of alkyl halides is 3. The molecule has 0 spiro atoms. The molecule has 0 radical (unpaired) electrons. The van der Waals surface area contributed by atoms with Gasteiger partial charge < -0.3 is 9.64 Å². The number of nitrogens with zero attached hydrogens (tertiary/aromatic N) is 2. The van der Waals surface area contributed by atoms with E-state index in [1.165, 1.54) is 12.1 Å². The van der Waals surface area contributed by atoms with Gasteiger partial charge in [-0.25, -0.2) is 0 Å². The zero-order valence-electron chi connectivity index (χ0n) is 11.1. The molecule has 3 nitrogen and oxygen atoms in total. The SMILES string of the molecule is COC1CCCN(c2ccc(C(F)(F)F)c(C#N)c2)C1. The van der Waals surface area contributed by atoms with Crippen molar-refractivity contribution in [2.75, 3.05) is 25.1 Å². The molecule has 0 amide bonds. The van der Waals surface area contributed by atoms with Gasteiger partial charge in [0.1, 0.15) is 0 Å². The van der Waals surface area contributed by atoms with Crippen molar-refractivity contribution in [1.29, 1.82) is 5.26 Å². The molecule has 1 saturated heterocycles. The van der Waals surface area contributed by atoms with Crippen molar-refractivity contribution >= 4 is 5.69 Å². The summed E-state index contributed by atoms with van der Waals surface area (Å²) in [6, 6.07) is 5.33. The minimum atomic E-state index is -4.50. The summed E-state index contributed by atoms with van der Waals surface area (Å²) in [6.45, 7) is 1.39. The van der Waals surface area contributed by atoms with Crippen LogP contribution in [0.25, 0.3) is 0 Å². The molecule has 2 rings (SSSR count). The number of nitriles is 1. The Morgan fingerprint density at radius 3 is 2.75 bits per heavy atom. The Kier molecular flexibility index (Phi) is 4.19. The van der Waals surface area contributed by atoms with E-state index in [1.807, 2.05) is 4.90 Å². The molecule has 1 aliphatic rings. The Morgan fingerprint density at radius 2 is 2.15 bits per heavy atom. The van der Waals surface area contributed by atoms with Crippen LogP contribution in [-0.2, 0) is 10.9 Å². The van der Waals surface area contributed by atoms with Gasteiger partial charge >= 0.3 is 6.18 Å². The molecular weight excluding hydrogens is 269 g/mol. The number of rotatable bonds is 2. The van der Waals surface area contributed by atoms with Gasteiger partial charge in [0.05, 0.1) is 23.3 Å². The van der Waals surface area contributed by atoms with Crippen molar-refractivity contribution < 1.29 is 17.9 Å². The van der Waals surface area contributed by atoms with Crippen LogP contribution in [0.3, 0.4) is 0 Å². The van der Waals surface area contributed by atoms with Gasteiger partial charge in [0, 0.05) is 25.9 Å². The second-order valence-electron chi connectivity index (χ2n) is 4.79. The standard InChI is InChI=1S/C14H15F3N2O/c1-20-12-3-2-6-19(9-12)11-4-5-13(14(15,16)17)10(7-11)8-18/h4-5,7,12H,2-3,6,9H2,1H3. The Labute approximate surface area is 115 Å². The van der Waals surface area contributed by atoms with Crippen LogP contribution in [0, 0.1) is 11.3 Å². The van der Waals surface area contributed by atoms with E-state index in [1.54, 1.807) is 13.2 Å². The summed E-state index contributed by atoms with van der Waals surface area (Å²) in [6.07, 6.45) is -2.56. The maximum atomic E-state index is 12.7. The Hall–Kier alpha value is -1.74. The van der Waals surface area contributed by atoms with Crippen molar-refractivity contribution in [1.82, 2.24) is 0 Å². The predicted octanol–water partition coefficient (Wildman–Crippen LogP) is 3.19. The third kappa shape index (κ3) is 3.05. The number of ether oxygens (including phenoxy) is 1. The van der Waals surface area contributed by atoms with Crippen LogP contribution in [0.5, 0.6) is 0 Å². The molecule has 108 valence electrons. The molecule has 0 N–H and O–H groups in total. The van der Waals surface area contributed by atoms with Crippen molar-refractivity contribution in [3.05, 3.63) is 29.3 Å². The highest BCUT2D eigenvalue weighted by Crippen LogP contribution is 2.34. The van der Waals surface area contributed by atoms with Gasteiger partial charge in [-0.1, -0.05) is 0 Å². The molecule has 0 saturated carbocycles. The van der Waals surface area contributed by atoms with Crippen LogP contribution in [0.15, 0.2) is 18.2 Å². The van der Waals surface area contributed by atoms with E-state index in [9.17, 15) is 13.2 Å². The van der Waals surface area contributed by atoms with Gasteiger partial charge in [-0.15, -0.1) is 0 Å². The quantitative estimate of drug-likeness (QED) is 0.836. The van der Waals surface area contributed by atoms with Crippen molar-refractivity contribution in [3.63, 3.8) is 0 Å². The maximum Gasteiger partial charge on any atom is 0.417 e. The summed E-state index contributed by atoms with van der Waals surface area (Å²) >= 11 is 0. The average molecular weight is 284 g/mol. The largest absolute Gasteiger partial charge is 0.417 e. The number of methoxy groups -OCH3 is 1. The normalized spacial score (nSPS) is 19.8. The summed E-state index contributed by atoms with van der Waals surface area (Å²) in [4.78, 5) is 1.96. The van der Waals surface area contributed by atoms with Gasteiger partial charge in [-0.05, 0) is 31.0 Å². The van der Waals surface area contributed by atoms with Crippen LogP contribution in [0.2, 0.25) is 0 Å². The minimum Gasteiger partial charge on any atom is -0.380 e. The molecule has 1 aliphatic heterocycles. The first kappa shape index (κ1) is 14.7. The van der Waals surface area contributed by atoms with E-state index in [-0.39, 0.29) is 11.7 Å². The Morgan fingerprint density at radius 1 is 1.40 bits per heavy atom. The fourth-order valence-electron chi connectivity index (χ4n) is 2.43. The third-order valence-corrected chi connectivity index (χ3v) is 3.51. The van der Waals surface area contributed by atoms with E-state index in [4.69, 9.17) is 10.00 Å². The summed E-state index contributed by atoms with van der Waals surface area (Å²) in [5, 5.41) is 8.91. The van der Waals surface area contributed by atoms with Crippen LogP contribution >= 0.6 is 0 Å². The Bertz CT molecular complexity index is 522. The van der Waals surface area contributed by atoms with E-state index >= 15 is 0 Å². The summed E-state index contributed by atoms with van der Waals surface area (Å²) in [7, 11) is 1.63. The minimum absolute atomic E-state index is 0.0802. The van der Waals surface area contributed by atoms with Crippen molar-refractivity contribution in [2.45, 2.75) is 25.1 Å². The molecule has 20 heavy (non-hydrogen) atoms. The van der Waals surface area contributed by atoms with Crippen LogP contribution < -0.4 is 4.90 Å². The van der Waals surface area contributed by atoms with Crippen molar-refractivity contribution in [3.8, 4) is 6.07 Å². The molecule has 1 unspecified atom stereocenters. The lowest BCUT2D eigenvalue weighted by molar-refractivity contribution is -0.137. The van der Waals surface area contributed by atoms with Crippen LogP contribution in [-0.4, -0.2) is 26.3 Å². The highest BCUT2D eigenvalue weighted by atomic mass is 19.4. The van der Waals surface area contributed by atoms with E-state index in [2.05, 4.69) is 0 Å². The summed E-state index contributed by atoms with van der Waals surface area (Å²) < 4.78 is 43.5. The molecule has 1 fully saturated rings. The molecule has 0 bridgehead atoms. The topological polar surface area (TPSA) is 36.3 Å². The van der Waals surface area contributed by atoms with E-state index in [0.717, 1.165) is 25.5 Å². The monoisotopic (exact) mass is 284 g/mol. The molecule has 1 atom stereocenters. The average Bonchev–Trinajstić information content (AvgIpc) is 2.45. The lowest BCUT2D eigenvalue weighted by Gasteiger charge is -2.33. The number of anilines is 1. The zero-order valence-corrected chi connectivity index (χ0v) is 11.1. The van der Waals surface area contributed by atoms with Crippen LogP contribution in [0.4, 0.5) is 18.9 Å². The second-order valence-corrected chi connectivity index (χ2v) is 4.79. The van der Waals surface area contributed by atoms with Crippen LogP contribution in [0.1, 0.15) is 24.0 Å². The third-order valence-electron chi connectivity index (χ3n) is 3.51. The van der Waals surface area contributed by atoms with Gasteiger partial charge in [0.2, 0.25) is 0 Å². The molecule has 1 aromatic rings. The number of benzene rings is 1. The van der Waals surface area contributed by atoms with E-state index < -0.39 is 11.7 Å². The molecule has 1 heterocycles. The van der Waals surface area contributed by atoms with Gasteiger partial charge in [-0.3, -0.25) is 0 Å². The fraction of sp³-hybridized carbons (Fsp3) is 0.500. The highest BCUT2D eigenvalue weighted by molar-refractivity contribution is 5.55. The number of hydrogen-bond donors (Lipinski definition) is 0. The lowest BCUT2D eigenvalue weighted by atomic mass is 10.0. The van der Waals surface area contributed by atoms with Gasteiger partial charge in [0.25, 0.3) is 0 Å². The number of halogens is 3. The number of hydrogen-bond acceptors (Lipinski definition) is 3. The highest BCUT2D eigenvalue weighted by Gasteiger charge is 2.34. The predicted molar refractivity (Wildman–Crippen MR) is 68.4 cm³/mol. The lowest BCUT2D eigenvalue weighted by Crippen LogP contribution is -2.39. The van der Waals surface area contributed by atoms with Gasteiger partial charge in [0.15, 0.2) is 0 Å². The molecular formula is C14H15F3N2O. The summed E-state index contributed by atoms with van der Waals surface area (Å²) in [5.41, 5.74) is -0.588. The first-order valence-corrected chi connectivity index (χ1v) is 6.35. The molecule has 0 aromatic heterocycles. The smallest absolute Gasteiger partial charge is 0.380 e. The van der Waals surface area contributed by atoms with E-state index in [0.29, 0.717) is 12.2 Å². The fourth-order valence-corrected chi connectivity index (χ4v) is 2.43. The number of piperidine rings is 1. The molecule has 6 heteroatoms.